The van der Waals surface area contributed by atoms with Gasteiger partial charge in [-0.1, -0.05) is 18.2 Å². The van der Waals surface area contributed by atoms with Gasteiger partial charge in [-0.05, 0) is 36.8 Å². The van der Waals surface area contributed by atoms with Gasteiger partial charge in [0.05, 0.1) is 17.6 Å². The van der Waals surface area contributed by atoms with E-state index in [9.17, 15) is 22.8 Å². The van der Waals surface area contributed by atoms with Crippen molar-refractivity contribution in [3.05, 3.63) is 59.7 Å². The van der Waals surface area contributed by atoms with E-state index >= 15 is 0 Å². The summed E-state index contributed by atoms with van der Waals surface area (Å²) in [7, 11) is -2.20. The van der Waals surface area contributed by atoms with Gasteiger partial charge in [0.1, 0.15) is 11.8 Å². The molecule has 2 aromatic carbocycles. The molecule has 2 saturated heterocycles. The van der Waals surface area contributed by atoms with Gasteiger partial charge < -0.3 is 14.4 Å². The number of hydrogen-bond acceptors (Lipinski definition) is 7. The highest BCUT2D eigenvalue weighted by Gasteiger charge is 2.47. The molecule has 11 heteroatoms. The van der Waals surface area contributed by atoms with Gasteiger partial charge in [0.15, 0.2) is 0 Å². The van der Waals surface area contributed by atoms with Crippen LogP contribution in [0.15, 0.2) is 53.4 Å². The lowest BCUT2D eigenvalue weighted by atomic mass is 10.1. The van der Waals surface area contributed by atoms with E-state index in [0.717, 1.165) is 0 Å². The Hall–Kier alpha value is -3.44. The van der Waals surface area contributed by atoms with Crippen LogP contribution in [0.25, 0.3) is 0 Å². The number of sulfonamides is 1. The van der Waals surface area contributed by atoms with Crippen molar-refractivity contribution in [2.24, 2.45) is 0 Å². The number of esters is 1. The Morgan fingerprint density at radius 1 is 1.00 bits per heavy atom. The maximum absolute atomic E-state index is 13.4. The van der Waals surface area contributed by atoms with Crippen LogP contribution in [-0.2, 0) is 24.3 Å². The minimum absolute atomic E-state index is 0.141. The molecule has 0 N–H and O–H groups in total. The molecular weight excluding hydrogens is 474 g/mol. The molecule has 3 aliphatic rings. The van der Waals surface area contributed by atoms with Crippen molar-refractivity contribution < 1.29 is 32.3 Å². The molecular formula is C24H25N3O7S. The van der Waals surface area contributed by atoms with Crippen LogP contribution >= 0.6 is 0 Å². The summed E-state index contributed by atoms with van der Waals surface area (Å²) in [6.07, 6.45) is -0.434. The van der Waals surface area contributed by atoms with Crippen LogP contribution in [0.5, 0.6) is 5.75 Å². The van der Waals surface area contributed by atoms with E-state index in [1.165, 1.54) is 28.4 Å². The number of amides is 2. The predicted octanol–water partition coefficient (Wildman–Crippen LogP) is 1.39. The lowest BCUT2D eigenvalue weighted by Crippen LogP contribution is -2.55. The lowest BCUT2D eigenvalue weighted by Gasteiger charge is -2.37. The predicted molar refractivity (Wildman–Crippen MR) is 123 cm³/mol. The van der Waals surface area contributed by atoms with E-state index in [1.54, 1.807) is 41.3 Å². The van der Waals surface area contributed by atoms with Crippen LogP contribution in [0.4, 0.5) is 0 Å². The largest absolute Gasteiger partial charge is 0.497 e. The number of fused-ring (bicyclic) bond motifs is 1. The molecule has 2 aromatic rings. The van der Waals surface area contributed by atoms with Crippen molar-refractivity contribution in [2.45, 2.75) is 30.0 Å². The van der Waals surface area contributed by atoms with Gasteiger partial charge >= 0.3 is 5.97 Å². The summed E-state index contributed by atoms with van der Waals surface area (Å²) in [5.41, 5.74) is 0.960. The number of likely N-dealkylation sites (tertiary alicyclic amines) is 1. The quantitative estimate of drug-likeness (QED) is 0.571. The molecule has 0 saturated carbocycles. The van der Waals surface area contributed by atoms with Crippen molar-refractivity contribution in [1.29, 1.82) is 0 Å². The molecule has 3 heterocycles. The number of hydrogen-bond donors (Lipinski definition) is 0. The van der Waals surface area contributed by atoms with Crippen molar-refractivity contribution in [1.82, 2.24) is 14.1 Å². The first-order valence-corrected chi connectivity index (χ1v) is 12.8. The Morgan fingerprint density at radius 2 is 1.69 bits per heavy atom. The summed E-state index contributed by atoms with van der Waals surface area (Å²) < 4.78 is 38.0. The van der Waals surface area contributed by atoms with E-state index < -0.39 is 28.3 Å². The molecule has 0 aromatic heterocycles. The van der Waals surface area contributed by atoms with E-state index in [4.69, 9.17) is 9.47 Å². The van der Waals surface area contributed by atoms with Crippen LogP contribution in [-0.4, -0.2) is 79.6 Å². The van der Waals surface area contributed by atoms with Gasteiger partial charge in [-0.2, -0.15) is 4.31 Å². The zero-order valence-electron chi connectivity index (χ0n) is 19.1. The molecule has 184 valence electrons. The monoisotopic (exact) mass is 499 g/mol. The smallest absolute Gasteiger partial charge is 0.340 e. The molecule has 0 radical (unpaired) electrons. The summed E-state index contributed by atoms with van der Waals surface area (Å²) in [6, 6.07) is 12.2. The van der Waals surface area contributed by atoms with Gasteiger partial charge in [-0.3, -0.25) is 14.5 Å². The van der Waals surface area contributed by atoms with Crippen molar-refractivity contribution in [3.63, 3.8) is 0 Å². The summed E-state index contributed by atoms with van der Waals surface area (Å²) in [5.74, 6) is -0.476. The van der Waals surface area contributed by atoms with Gasteiger partial charge in [0.2, 0.25) is 28.1 Å². The number of piperazine rings is 1. The number of ether oxygens (including phenoxy) is 2. The summed E-state index contributed by atoms with van der Waals surface area (Å²) >= 11 is 0. The van der Waals surface area contributed by atoms with Crippen LogP contribution in [0.1, 0.15) is 35.0 Å². The molecule has 0 aliphatic carbocycles. The van der Waals surface area contributed by atoms with Crippen molar-refractivity contribution >= 4 is 27.8 Å². The summed E-state index contributed by atoms with van der Waals surface area (Å²) in [6.45, 7) is 0.686. The zero-order chi connectivity index (χ0) is 24.7. The van der Waals surface area contributed by atoms with Gasteiger partial charge in [-0.25, -0.2) is 13.2 Å². The number of rotatable bonds is 5. The molecule has 5 rings (SSSR count). The zero-order valence-corrected chi connectivity index (χ0v) is 19.9. The molecule has 2 atom stereocenters. The highest BCUT2D eigenvalue weighted by Crippen LogP contribution is 2.38. The van der Waals surface area contributed by atoms with Crippen LogP contribution in [0, 0.1) is 0 Å². The van der Waals surface area contributed by atoms with E-state index in [0.29, 0.717) is 23.3 Å². The average Bonchev–Trinajstić information content (AvgIpc) is 3.43. The molecule has 0 unspecified atom stereocenters. The van der Waals surface area contributed by atoms with Crippen LogP contribution < -0.4 is 4.74 Å². The van der Waals surface area contributed by atoms with Crippen LogP contribution in [0.3, 0.4) is 0 Å². The van der Waals surface area contributed by atoms with Crippen LogP contribution in [0.2, 0.25) is 0 Å². The van der Waals surface area contributed by atoms with Crippen molar-refractivity contribution in [3.8, 4) is 5.75 Å². The van der Waals surface area contributed by atoms with Crippen molar-refractivity contribution in [2.75, 3.05) is 33.3 Å². The Kier molecular flexibility index (Phi) is 5.97. The topological polar surface area (TPSA) is 114 Å². The molecule has 3 aliphatic heterocycles. The number of nitrogens with zero attached hydrogens (tertiary/aromatic N) is 3. The summed E-state index contributed by atoms with van der Waals surface area (Å²) in [5, 5.41) is 0. The molecule has 0 bridgehead atoms. The van der Waals surface area contributed by atoms with Gasteiger partial charge in [0, 0.05) is 38.2 Å². The third kappa shape index (κ3) is 4.04. The average molecular weight is 500 g/mol. The maximum atomic E-state index is 13.4. The first kappa shape index (κ1) is 23.3. The Morgan fingerprint density at radius 3 is 2.37 bits per heavy atom. The molecule has 0 spiro atoms. The first-order valence-electron chi connectivity index (χ1n) is 11.4. The normalized spacial score (nSPS) is 22.8. The van der Waals surface area contributed by atoms with E-state index in [2.05, 4.69) is 0 Å². The molecule has 35 heavy (non-hydrogen) atoms. The number of carbonyl (C=O) groups excluding carboxylic acids is 3. The second-order valence-corrected chi connectivity index (χ2v) is 10.5. The third-order valence-electron chi connectivity index (χ3n) is 6.71. The first-order chi connectivity index (χ1) is 16.8. The highest BCUT2D eigenvalue weighted by atomic mass is 32.2. The Bertz CT molecular complexity index is 1270. The van der Waals surface area contributed by atoms with Gasteiger partial charge in [-0.15, -0.1) is 0 Å². The minimum atomic E-state index is -3.71. The Balaban J connectivity index is 1.28. The fourth-order valence-electron chi connectivity index (χ4n) is 4.83. The molecule has 2 amide bonds. The Labute approximate surface area is 203 Å². The second kappa shape index (κ2) is 8.97. The maximum Gasteiger partial charge on any atom is 0.340 e. The molecule has 2 fully saturated rings. The minimum Gasteiger partial charge on any atom is -0.497 e. The van der Waals surface area contributed by atoms with Gasteiger partial charge in [0.25, 0.3) is 0 Å². The number of carbonyl (C=O) groups is 3. The number of benzene rings is 2. The fourth-order valence-corrected chi connectivity index (χ4v) is 6.25. The summed E-state index contributed by atoms with van der Waals surface area (Å²) in [4.78, 5) is 41.5. The highest BCUT2D eigenvalue weighted by molar-refractivity contribution is 7.89. The number of methoxy groups -OCH3 is 1. The van der Waals surface area contributed by atoms with E-state index in [1.807, 2.05) is 0 Å². The SMILES string of the molecule is COc1ccc(S(=O)(=O)N2CCN(C(=O)[C@@H]3CCC(=O)N3[C@@H]3OC(=O)c4ccccc43)CC2)cc1. The standard InChI is InChI=1S/C24H25N3O7S/c1-33-16-6-8-17(9-7-16)35(31,32)26-14-12-25(13-15-26)22(29)20-10-11-21(28)27(20)23-18-4-2-3-5-19(18)24(30)34-23/h2-9,20,23H,10-15H2,1H3/t20-,23+/m0/s1. The number of cyclic esters (lactones) is 1. The van der Waals surface area contributed by atoms with E-state index in [-0.39, 0.29) is 49.3 Å². The molecule has 10 nitrogen and oxygen atoms in total. The lowest BCUT2D eigenvalue weighted by molar-refractivity contribution is -0.151. The third-order valence-corrected chi connectivity index (χ3v) is 8.62. The second-order valence-electron chi connectivity index (χ2n) is 8.61. The fraction of sp³-hybridized carbons (Fsp3) is 0.375.